The molecular weight excluding hydrogens is 558 g/mol. The number of ether oxygens (including phenoxy) is 5. The van der Waals surface area contributed by atoms with Crippen molar-refractivity contribution in [3.63, 3.8) is 0 Å². The standard InChI is InChI=1S/C36H65NO7/c1-6-9-11-13-15-17-18-20-22-24-29(38)27-31(39)37-32-34(40-26-23-21-19-16-14-12-10-7-2)33-30(28-42-36(4,5)44-33)43-35(32)41-25-8-3/h8,30,32-35H,3,6-7,9-28H2,1-2,4-5H3,(H,37,39)/t30-,32-,33-,34-,35-/m1/s1. The van der Waals surface area contributed by atoms with E-state index in [1.807, 2.05) is 13.8 Å². The molecule has 2 aliphatic rings. The summed E-state index contributed by atoms with van der Waals surface area (Å²) in [6.45, 7) is 13.1. The van der Waals surface area contributed by atoms with Crippen molar-refractivity contribution >= 4 is 11.7 Å². The van der Waals surface area contributed by atoms with E-state index in [0.717, 1.165) is 32.1 Å². The Balaban J connectivity index is 1.92. The molecule has 2 saturated heterocycles. The summed E-state index contributed by atoms with van der Waals surface area (Å²) in [5, 5.41) is 3.05. The molecule has 1 N–H and O–H groups in total. The van der Waals surface area contributed by atoms with Crippen molar-refractivity contribution in [3.8, 4) is 0 Å². The van der Waals surface area contributed by atoms with Crippen LogP contribution in [0, 0.1) is 0 Å². The van der Waals surface area contributed by atoms with Crippen LogP contribution in [0.1, 0.15) is 150 Å². The molecule has 8 heteroatoms. The number of nitrogens with one attached hydrogen (secondary N) is 1. The minimum atomic E-state index is -0.806. The molecule has 2 fully saturated rings. The van der Waals surface area contributed by atoms with E-state index in [4.69, 9.17) is 23.7 Å². The molecule has 2 aliphatic heterocycles. The Kier molecular flexibility index (Phi) is 20.4. The van der Waals surface area contributed by atoms with Crippen LogP contribution >= 0.6 is 0 Å². The van der Waals surface area contributed by atoms with Crippen molar-refractivity contribution in [2.45, 2.75) is 186 Å². The van der Waals surface area contributed by atoms with Crippen LogP contribution in [0.4, 0.5) is 0 Å². The molecule has 0 unspecified atom stereocenters. The topological polar surface area (TPSA) is 92.3 Å². The Hall–Kier alpha value is -1.32. The first kappa shape index (κ1) is 38.9. The number of carbonyl (C=O) groups excluding carboxylic acids is 2. The molecule has 5 atom stereocenters. The molecule has 0 aromatic heterocycles. The third kappa shape index (κ3) is 15.8. The molecule has 0 spiro atoms. The molecule has 1 amide bonds. The second kappa shape index (κ2) is 23.1. The van der Waals surface area contributed by atoms with Gasteiger partial charge in [-0.1, -0.05) is 116 Å². The van der Waals surface area contributed by atoms with Gasteiger partial charge in [0.05, 0.1) is 19.6 Å². The number of Topliss-reactive ketones (excluding diaryl/α,β-unsaturated/α-hetero) is 1. The fourth-order valence-corrected chi connectivity index (χ4v) is 6.07. The molecule has 0 bridgehead atoms. The van der Waals surface area contributed by atoms with E-state index in [0.29, 0.717) is 19.6 Å². The normalized spacial score (nSPS) is 24.5. The van der Waals surface area contributed by atoms with Crippen molar-refractivity contribution in [2.24, 2.45) is 0 Å². The van der Waals surface area contributed by atoms with Crippen molar-refractivity contribution in [1.82, 2.24) is 5.32 Å². The maximum absolute atomic E-state index is 13.2. The average molecular weight is 624 g/mol. The van der Waals surface area contributed by atoms with Crippen LogP contribution < -0.4 is 5.32 Å². The Morgan fingerprint density at radius 1 is 0.841 bits per heavy atom. The summed E-state index contributed by atoms with van der Waals surface area (Å²) in [7, 11) is 0. The fourth-order valence-electron chi connectivity index (χ4n) is 6.07. The van der Waals surface area contributed by atoms with Gasteiger partial charge in [-0.2, -0.15) is 0 Å². The van der Waals surface area contributed by atoms with Gasteiger partial charge in [-0.05, 0) is 26.7 Å². The highest BCUT2D eigenvalue weighted by Gasteiger charge is 2.52. The number of ketones is 1. The summed E-state index contributed by atoms with van der Waals surface area (Å²) in [5.74, 6) is -1.18. The van der Waals surface area contributed by atoms with Gasteiger partial charge in [0.15, 0.2) is 12.1 Å². The van der Waals surface area contributed by atoms with Crippen molar-refractivity contribution in [3.05, 3.63) is 12.7 Å². The zero-order valence-corrected chi connectivity index (χ0v) is 28.6. The van der Waals surface area contributed by atoms with Gasteiger partial charge < -0.3 is 29.0 Å². The summed E-state index contributed by atoms with van der Waals surface area (Å²) >= 11 is 0. The SMILES string of the molecule is C=CCO[C@@H]1O[C@@H]2COC(C)(C)O[C@H]2[C@H](OCCCCCCCCCC)[C@H]1NC(=O)CC(=O)CCCCCCCCCCC. The van der Waals surface area contributed by atoms with E-state index < -0.39 is 36.4 Å². The summed E-state index contributed by atoms with van der Waals surface area (Å²) in [6, 6.07) is -0.632. The number of carbonyl (C=O) groups is 2. The smallest absolute Gasteiger partial charge is 0.227 e. The van der Waals surface area contributed by atoms with Gasteiger partial charge in [0.2, 0.25) is 5.91 Å². The van der Waals surface area contributed by atoms with Crippen LogP contribution in [0.25, 0.3) is 0 Å². The third-order valence-electron chi connectivity index (χ3n) is 8.59. The molecule has 0 aromatic rings. The molecule has 256 valence electrons. The summed E-state index contributed by atoms with van der Waals surface area (Å²) < 4.78 is 30.9. The van der Waals surface area contributed by atoms with Crippen molar-refractivity contribution < 1.29 is 33.3 Å². The van der Waals surface area contributed by atoms with Crippen LogP contribution in [0.5, 0.6) is 0 Å². The molecule has 0 aliphatic carbocycles. The molecule has 0 aromatic carbocycles. The summed E-state index contributed by atoms with van der Waals surface area (Å²) in [5.41, 5.74) is 0. The Morgan fingerprint density at radius 2 is 1.41 bits per heavy atom. The second-order valence-corrected chi connectivity index (χ2v) is 13.2. The molecule has 8 nitrogen and oxygen atoms in total. The average Bonchev–Trinajstić information content (AvgIpc) is 2.99. The predicted octanol–water partition coefficient (Wildman–Crippen LogP) is 7.96. The van der Waals surface area contributed by atoms with Crippen LogP contribution in [-0.4, -0.2) is 67.9 Å². The largest absolute Gasteiger partial charge is 0.373 e. The predicted molar refractivity (Wildman–Crippen MR) is 175 cm³/mol. The molecule has 0 radical (unpaired) electrons. The van der Waals surface area contributed by atoms with Crippen LogP contribution in [0.2, 0.25) is 0 Å². The first-order valence-electron chi connectivity index (χ1n) is 17.9. The lowest BCUT2D eigenvalue weighted by atomic mass is 9.94. The molecule has 0 saturated carbocycles. The Bertz CT molecular complexity index is 788. The molecule has 2 rings (SSSR count). The van der Waals surface area contributed by atoms with Gasteiger partial charge in [-0.25, -0.2) is 0 Å². The lowest BCUT2D eigenvalue weighted by Crippen LogP contribution is -2.69. The highest BCUT2D eigenvalue weighted by atomic mass is 16.8. The van der Waals surface area contributed by atoms with Crippen molar-refractivity contribution in [2.75, 3.05) is 19.8 Å². The summed E-state index contributed by atoms with van der Waals surface area (Å²) in [6.07, 6.45) is 20.1. The Labute approximate surface area is 268 Å². The van der Waals surface area contributed by atoms with E-state index >= 15 is 0 Å². The van der Waals surface area contributed by atoms with Gasteiger partial charge in [0.1, 0.15) is 30.1 Å². The van der Waals surface area contributed by atoms with Crippen molar-refractivity contribution in [1.29, 1.82) is 0 Å². The van der Waals surface area contributed by atoms with Crippen LogP contribution in [0.3, 0.4) is 0 Å². The van der Waals surface area contributed by atoms with E-state index in [2.05, 4.69) is 25.7 Å². The lowest BCUT2D eigenvalue weighted by molar-refractivity contribution is -0.371. The molecule has 44 heavy (non-hydrogen) atoms. The molecule has 2 heterocycles. The zero-order chi connectivity index (χ0) is 32.0. The number of fused-ring (bicyclic) bond motifs is 1. The monoisotopic (exact) mass is 623 g/mol. The first-order valence-corrected chi connectivity index (χ1v) is 17.9. The first-order chi connectivity index (χ1) is 21.3. The maximum Gasteiger partial charge on any atom is 0.227 e. The lowest BCUT2D eigenvalue weighted by Gasteiger charge is -2.51. The van der Waals surface area contributed by atoms with Crippen LogP contribution in [0.15, 0.2) is 12.7 Å². The van der Waals surface area contributed by atoms with E-state index in [-0.39, 0.29) is 24.7 Å². The number of unbranched alkanes of at least 4 members (excludes halogenated alkanes) is 15. The molecular formula is C36H65NO7. The second-order valence-electron chi connectivity index (χ2n) is 13.2. The minimum Gasteiger partial charge on any atom is -0.373 e. The number of hydrogen-bond acceptors (Lipinski definition) is 7. The van der Waals surface area contributed by atoms with Crippen LogP contribution in [-0.2, 0) is 33.3 Å². The van der Waals surface area contributed by atoms with Gasteiger partial charge in [-0.3, -0.25) is 9.59 Å². The summed E-state index contributed by atoms with van der Waals surface area (Å²) in [4.78, 5) is 25.9. The highest BCUT2D eigenvalue weighted by Crippen LogP contribution is 2.34. The Morgan fingerprint density at radius 3 is 2.00 bits per heavy atom. The zero-order valence-electron chi connectivity index (χ0n) is 28.6. The van der Waals surface area contributed by atoms with E-state index in [9.17, 15) is 9.59 Å². The van der Waals surface area contributed by atoms with Gasteiger partial charge in [0.25, 0.3) is 0 Å². The minimum absolute atomic E-state index is 0.0385. The highest BCUT2D eigenvalue weighted by molar-refractivity contribution is 5.98. The fraction of sp³-hybridized carbons (Fsp3) is 0.889. The van der Waals surface area contributed by atoms with Gasteiger partial charge >= 0.3 is 0 Å². The van der Waals surface area contributed by atoms with E-state index in [1.54, 1.807) is 6.08 Å². The third-order valence-corrected chi connectivity index (χ3v) is 8.59. The van der Waals surface area contributed by atoms with E-state index in [1.165, 1.54) is 77.0 Å². The number of rotatable bonds is 26. The quantitative estimate of drug-likeness (QED) is 0.0594. The van der Waals surface area contributed by atoms with Gasteiger partial charge in [-0.15, -0.1) is 6.58 Å². The number of amides is 1. The van der Waals surface area contributed by atoms with Gasteiger partial charge in [0, 0.05) is 13.0 Å². The number of hydrogen-bond donors (Lipinski definition) is 1. The maximum atomic E-state index is 13.2.